The molecule has 1 amide bonds. The van der Waals surface area contributed by atoms with E-state index < -0.39 is 12.1 Å². The molecular formula is C23H25F3N4O3. The Morgan fingerprint density at radius 3 is 2.48 bits per heavy atom. The first-order valence-corrected chi connectivity index (χ1v) is 10.7. The van der Waals surface area contributed by atoms with E-state index in [1.807, 2.05) is 37.3 Å². The molecule has 0 bridgehead atoms. The maximum Gasteiger partial charge on any atom is 0.573 e. The third-order valence-electron chi connectivity index (χ3n) is 5.70. The van der Waals surface area contributed by atoms with Crippen molar-refractivity contribution < 1.29 is 27.5 Å². The molecule has 0 saturated carbocycles. The van der Waals surface area contributed by atoms with E-state index in [0.29, 0.717) is 37.3 Å². The zero-order valence-electron chi connectivity index (χ0n) is 18.1. The van der Waals surface area contributed by atoms with Gasteiger partial charge in [0.05, 0.1) is 12.6 Å². The summed E-state index contributed by atoms with van der Waals surface area (Å²) in [7, 11) is 0. The van der Waals surface area contributed by atoms with Gasteiger partial charge in [-0.2, -0.15) is 0 Å². The number of piperidine rings is 1. The smallest absolute Gasteiger partial charge is 0.406 e. The Balaban J connectivity index is 1.29. The van der Waals surface area contributed by atoms with E-state index in [1.165, 1.54) is 24.3 Å². The van der Waals surface area contributed by atoms with Gasteiger partial charge in [0.2, 0.25) is 5.91 Å². The topological polar surface area (TPSA) is 75.2 Å². The van der Waals surface area contributed by atoms with Crippen molar-refractivity contribution >= 4 is 11.7 Å². The molecule has 0 radical (unpaired) electrons. The van der Waals surface area contributed by atoms with Crippen molar-refractivity contribution in [2.75, 3.05) is 19.6 Å². The van der Waals surface area contributed by atoms with Gasteiger partial charge in [-0.15, -0.1) is 13.2 Å². The van der Waals surface area contributed by atoms with Crippen molar-refractivity contribution in [3.63, 3.8) is 0 Å². The maximum absolute atomic E-state index is 12.5. The highest BCUT2D eigenvalue weighted by atomic mass is 19.4. The van der Waals surface area contributed by atoms with Gasteiger partial charge in [-0.3, -0.25) is 9.69 Å². The van der Waals surface area contributed by atoms with Crippen molar-refractivity contribution in [2.24, 2.45) is 4.99 Å². The van der Waals surface area contributed by atoms with Crippen LogP contribution in [0.25, 0.3) is 0 Å². The van der Waals surface area contributed by atoms with Gasteiger partial charge in [0.15, 0.2) is 11.6 Å². The molecule has 176 valence electrons. The Bertz CT molecular complexity index is 988. The van der Waals surface area contributed by atoms with Crippen LogP contribution in [-0.2, 0) is 9.63 Å². The number of hydrogen-bond donors (Lipinski definition) is 2. The number of likely N-dealkylation sites (tertiary alicyclic amines) is 1. The van der Waals surface area contributed by atoms with Crippen LogP contribution < -0.4 is 15.5 Å². The zero-order chi connectivity index (χ0) is 23.5. The molecule has 2 aromatic carbocycles. The third-order valence-corrected chi connectivity index (χ3v) is 5.70. The van der Waals surface area contributed by atoms with Crippen LogP contribution >= 0.6 is 0 Å². The molecule has 33 heavy (non-hydrogen) atoms. The lowest BCUT2D eigenvalue weighted by Gasteiger charge is -2.35. The molecule has 1 fully saturated rings. The van der Waals surface area contributed by atoms with Gasteiger partial charge in [-0.1, -0.05) is 30.3 Å². The second-order valence-corrected chi connectivity index (χ2v) is 8.16. The lowest BCUT2D eigenvalue weighted by Crippen LogP contribution is -2.47. The van der Waals surface area contributed by atoms with Gasteiger partial charge >= 0.3 is 6.36 Å². The number of halogens is 3. The number of amides is 1. The molecule has 1 atom stereocenters. The molecule has 4 rings (SSSR count). The highest BCUT2D eigenvalue weighted by Gasteiger charge is 2.40. The Kier molecular flexibility index (Phi) is 6.57. The number of alkyl halides is 3. The van der Waals surface area contributed by atoms with Crippen LogP contribution in [0.3, 0.4) is 0 Å². The molecular weight excluding hydrogens is 437 g/mol. The summed E-state index contributed by atoms with van der Waals surface area (Å²) < 4.78 is 40.9. The highest BCUT2D eigenvalue weighted by molar-refractivity contribution is 5.99. The standard InChI is InChI=1S/C23H25F3N4O3/c1-16(17-5-3-2-4-6-17)27-20(31)15-30-13-11-22(12-14-30)28-21(29-33-22)18-7-9-19(10-8-18)32-23(24,25)26/h2-10,16H,11-15H2,1H3,(H,27,31)(H,28,29). The lowest BCUT2D eigenvalue weighted by molar-refractivity contribution is -0.274. The predicted molar refractivity (Wildman–Crippen MR) is 115 cm³/mol. The van der Waals surface area contributed by atoms with Crippen molar-refractivity contribution in [3.05, 3.63) is 65.7 Å². The fourth-order valence-corrected chi connectivity index (χ4v) is 3.92. The largest absolute Gasteiger partial charge is 0.573 e. The average Bonchev–Trinajstić information content (AvgIpc) is 3.19. The van der Waals surface area contributed by atoms with Crippen LogP contribution in [0.2, 0.25) is 0 Å². The van der Waals surface area contributed by atoms with Gasteiger partial charge in [0.1, 0.15) is 5.75 Å². The lowest BCUT2D eigenvalue weighted by atomic mass is 10.0. The number of aliphatic imine (C=N–C) groups is 1. The predicted octanol–water partition coefficient (Wildman–Crippen LogP) is 3.54. The fraction of sp³-hybridized carbons (Fsp3) is 0.391. The van der Waals surface area contributed by atoms with E-state index in [-0.39, 0.29) is 24.2 Å². The van der Waals surface area contributed by atoms with Crippen LogP contribution in [0.15, 0.2) is 59.6 Å². The molecule has 0 aliphatic carbocycles. The van der Waals surface area contributed by atoms with Crippen molar-refractivity contribution in [2.45, 2.75) is 37.9 Å². The number of nitrogens with zero attached hydrogens (tertiary/aromatic N) is 2. The minimum atomic E-state index is -4.73. The number of carbonyl (C=O) groups is 1. The van der Waals surface area contributed by atoms with Crippen molar-refractivity contribution in [3.8, 4) is 5.75 Å². The zero-order valence-corrected chi connectivity index (χ0v) is 18.1. The number of ether oxygens (including phenoxy) is 1. The first kappa shape index (κ1) is 23.1. The Hall–Kier alpha value is -3.11. The van der Waals surface area contributed by atoms with E-state index in [9.17, 15) is 18.0 Å². The van der Waals surface area contributed by atoms with Gasteiger partial charge in [0.25, 0.3) is 0 Å². The summed E-state index contributed by atoms with van der Waals surface area (Å²) in [6.45, 7) is 3.50. The summed E-state index contributed by atoms with van der Waals surface area (Å²) in [4.78, 5) is 24.9. The summed E-state index contributed by atoms with van der Waals surface area (Å²) in [5.74, 6) is 0.114. The molecule has 1 saturated heterocycles. The Labute approximate surface area is 189 Å². The average molecular weight is 462 g/mol. The first-order valence-electron chi connectivity index (χ1n) is 10.7. The normalized spacial score (nSPS) is 19.0. The molecule has 1 spiro atoms. The Morgan fingerprint density at radius 1 is 1.18 bits per heavy atom. The summed E-state index contributed by atoms with van der Waals surface area (Å²) in [6.07, 6.45) is -3.57. The van der Waals surface area contributed by atoms with Crippen LogP contribution in [0.5, 0.6) is 5.75 Å². The molecule has 7 nitrogen and oxygen atoms in total. The molecule has 1 unspecified atom stereocenters. The second-order valence-electron chi connectivity index (χ2n) is 8.16. The summed E-state index contributed by atoms with van der Waals surface area (Å²) in [6, 6.07) is 15.1. The molecule has 2 aliphatic heterocycles. The number of hydroxylamine groups is 1. The Morgan fingerprint density at radius 2 is 1.85 bits per heavy atom. The van der Waals surface area contributed by atoms with E-state index >= 15 is 0 Å². The summed E-state index contributed by atoms with van der Waals surface area (Å²) in [5.41, 5.74) is 3.69. The van der Waals surface area contributed by atoms with E-state index in [1.54, 1.807) is 0 Å². The van der Waals surface area contributed by atoms with Gasteiger partial charge in [-0.25, -0.2) is 15.3 Å². The first-order chi connectivity index (χ1) is 15.7. The monoisotopic (exact) mass is 462 g/mol. The summed E-state index contributed by atoms with van der Waals surface area (Å²) in [5, 5.41) is 3.02. The molecule has 0 aromatic heterocycles. The molecule has 2 aromatic rings. The molecule has 2 N–H and O–H groups in total. The van der Waals surface area contributed by atoms with E-state index in [0.717, 1.165) is 5.56 Å². The highest BCUT2D eigenvalue weighted by Crippen LogP contribution is 2.31. The SMILES string of the molecule is CC(NC(=O)CN1CCC2(CC1)N=C(c1ccc(OC(F)(F)F)cc1)NO2)c1ccccc1. The van der Waals surface area contributed by atoms with Gasteiger partial charge in [-0.05, 0) is 36.8 Å². The van der Waals surface area contributed by atoms with Gasteiger partial charge in [0, 0.05) is 31.5 Å². The molecule has 10 heteroatoms. The maximum atomic E-state index is 12.5. The van der Waals surface area contributed by atoms with Gasteiger partial charge < -0.3 is 10.1 Å². The third kappa shape index (κ3) is 6.02. The number of carbonyl (C=O) groups excluding carboxylic acids is 1. The summed E-state index contributed by atoms with van der Waals surface area (Å²) >= 11 is 0. The minimum Gasteiger partial charge on any atom is -0.406 e. The molecule has 2 heterocycles. The second kappa shape index (κ2) is 9.40. The number of benzene rings is 2. The molecule has 2 aliphatic rings. The van der Waals surface area contributed by atoms with Crippen LogP contribution in [-0.4, -0.2) is 48.4 Å². The number of amidine groups is 1. The van der Waals surface area contributed by atoms with Crippen molar-refractivity contribution in [1.29, 1.82) is 0 Å². The van der Waals surface area contributed by atoms with E-state index in [4.69, 9.17) is 4.84 Å². The minimum absolute atomic E-state index is 0.0434. The van der Waals surface area contributed by atoms with Crippen molar-refractivity contribution in [1.82, 2.24) is 15.7 Å². The fourth-order valence-electron chi connectivity index (χ4n) is 3.92. The van der Waals surface area contributed by atoms with Crippen LogP contribution in [0, 0.1) is 0 Å². The van der Waals surface area contributed by atoms with E-state index in [2.05, 4.69) is 25.4 Å². The number of rotatable bonds is 6. The number of hydrogen-bond acceptors (Lipinski definition) is 6. The number of nitrogens with one attached hydrogen (secondary N) is 2. The van der Waals surface area contributed by atoms with Crippen LogP contribution in [0.1, 0.15) is 36.9 Å². The quantitative estimate of drug-likeness (QED) is 0.687. The van der Waals surface area contributed by atoms with Crippen LogP contribution in [0.4, 0.5) is 13.2 Å².